The summed E-state index contributed by atoms with van der Waals surface area (Å²) in [6.45, 7) is 6.37. The van der Waals surface area contributed by atoms with E-state index in [2.05, 4.69) is 99.0 Å². The van der Waals surface area contributed by atoms with E-state index in [1.165, 1.54) is 109 Å². The third kappa shape index (κ3) is 43.7. The molecule has 0 aromatic heterocycles. The van der Waals surface area contributed by atoms with E-state index in [0.29, 0.717) is 19.3 Å². The molecule has 62 heavy (non-hydrogen) atoms. The van der Waals surface area contributed by atoms with Crippen molar-refractivity contribution in [2.75, 3.05) is 6.61 Å². The van der Waals surface area contributed by atoms with E-state index in [4.69, 9.17) is 4.74 Å². The van der Waals surface area contributed by atoms with E-state index < -0.39 is 18.2 Å². The van der Waals surface area contributed by atoms with Crippen LogP contribution >= 0.6 is 0 Å². The number of aliphatic hydroxyl groups excluding tert-OH is 2. The van der Waals surface area contributed by atoms with Gasteiger partial charge in [0.2, 0.25) is 5.91 Å². The van der Waals surface area contributed by atoms with Gasteiger partial charge in [-0.1, -0.05) is 215 Å². The van der Waals surface area contributed by atoms with Crippen LogP contribution in [0, 0.1) is 0 Å². The first-order valence-electron chi connectivity index (χ1n) is 25.8. The van der Waals surface area contributed by atoms with Crippen molar-refractivity contribution in [3.8, 4) is 0 Å². The van der Waals surface area contributed by atoms with Crippen LogP contribution in [0.15, 0.2) is 85.1 Å². The van der Waals surface area contributed by atoms with Crippen LogP contribution in [0.4, 0.5) is 0 Å². The first kappa shape index (κ1) is 59.0. The number of rotatable bonds is 45. The molecule has 0 heterocycles. The minimum atomic E-state index is -0.815. The molecule has 0 aliphatic rings. The van der Waals surface area contributed by atoms with Crippen molar-refractivity contribution < 1.29 is 24.5 Å². The van der Waals surface area contributed by atoms with Gasteiger partial charge in [0, 0.05) is 12.8 Å². The van der Waals surface area contributed by atoms with Crippen LogP contribution in [0.5, 0.6) is 0 Å². The molecular weight excluding hydrogens is 767 g/mol. The number of nitrogens with one attached hydrogen (secondary N) is 1. The molecule has 0 saturated heterocycles. The summed E-state index contributed by atoms with van der Waals surface area (Å²) < 4.78 is 5.86. The number of carbonyl (C=O) groups excluding carboxylic acids is 2. The zero-order valence-electron chi connectivity index (χ0n) is 40.5. The molecule has 0 bridgehead atoms. The maximum absolute atomic E-state index is 13.2. The van der Waals surface area contributed by atoms with Crippen molar-refractivity contribution >= 4 is 11.9 Å². The van der Waals surface area contributed by atoms with Gasteiger partial charge in [0.25, 0.3) is 0 Å². The summed E-state index contributed by atoms with van der Waals surface area (Å²) in [6, 6.07) is -0.736. The molecule has 0 spiro atoms. The number of aliphatic hydroxyl groups is 2. The largest absolute Gasteiger partial charge is 0.461 e. The number of unbranched alkanes of at least 4 members (excludes halogenated alkanes) is 20. The van der Waals surface area contributed by atoms with Crippen molar-refractivity contribution in [3.63, 3.8) is 0 Å². The molecule has 0 radical (unpaired) electrons. The zero-order chi connectivity index (χ0) is 45.2. The summed E-state index contributed by atoms with van der Waals surface area (Å²) in [5.74, 6) is -0.596. The Kier molecular flexibility index (Phi) is 46.7. The van der Waals surface area contributed by atoms with Crippen LogP contribution in [0.25, 0.3) is 0 Å². The number of allylic oxidation sites excluding steroid dienone is 13. The monoisotopic (exact) mass is 864 g/mol. The predicted octanol–water partition coefficient (Wildman–Crippen LogP) is 15.6. The molecule has 0 rings (SSSR count). The van der Waals surface area contributed by atoms with Crippen LogP contribution in [-0.2, 0) is 14.3 Å². The predicted molar refractivity (Wildman–Crippen MR) is 268 cm³/mol. The first-order valence-corrected chi connectivity index (χ1v) is 25.8. The Hall–Kier alpha value is -2.96. The van der Waals surface area contributed by atoms with E-state index in [-0.39, 0.29) is 24.9 Å². The summed E-state index contributed by atoms with van der Waals surface area (Å²) in [5.41, 5.74) is 0. The molecular formula is C56H97NO5. The van der Waals surface area contributed by atoms with Gasteiger partial charge in [-0.25, -0.2) is 0 Å². The van der Waals surface area contributed by atoms with Crippen LogP contribution in [0.2, 0.25) is 0 Å². The lowest BCUT2D eigenvalue weighted by atomic mass is 10.0. The lowest BCUT2D eigenvalue weighted by molar-refractivity contribution is -0.150. The van der Waals surface area contributed by atoms with Crippen LogP contribution in [0.1, 0.15) is 233 Å². The average molecular weight is 864 g/mol. The molecule has 3 N–H and O–H groups in total. The third-order valence-corrected chi connectivity index (χ3v) is 11.2. The molecule has 0 aliphatic heterocycles. The lowest BCUT2D eigenvalue weighted by Gasteiger charge is -2.24. The van der Waals surface area contributed by atoms with Crippen molar-refractivity contribution in [2.24, 2.45) is 0 Å². The van der Waals surface area contributed by atoms with Crippen molar-refractivity contribution in [1.29, 1.82) is 0 Å². The Bertz CT molecular complexity index is 1200. The highest BCUT2D eigenvalue weighted by atomic mass is 16.5. The van der Waals surface area contributed by atoms with E-state index in [0.717, 1.165) is 77.0 Å². The number of esters is 1. The van der Waals surface area contributed by atoms with Crippen molar-refractivity contribution in [1.82, 2.24) is 5.32 Å². The Balaban J connectivity index is 4.71. The van der Waals surface area contributed by atoms with E-state index in [9.17, 15) is 19.8 Å². The van der Waals surface area contributed by atoms with E-state index in [1.807, 2.05) is 12.2 Å². The molecule has 3 atom stereocenters. The van der Waals surface area contributed by atoms with E-state index in [1.54, 1.807) is 0 Å². The number of ether oxygens (including phenoxy) is 1. The molecule has 0 aromatic carbocycles. The fraction of sp³-hybridized carbons (Fsp3) is 0.714. The van der Waals surface area contributed by atoms with Crippen molar-refractivity contribution in [3.05, 3.63) is 85.1 Å². The number of hydrogen-bond donors (Lipinski definition) is 3. The van der Waals surface area contributed by atoms with Gasteiger partial charge < -0.3 is 20.3 Å². The fourth-order valence-electron chi connectivity index (χ4n) is 7.24. The standard InChI is InChI=1S/C56H97NO5/c1-4-7-10-13-16-19-21-23-25-26-27-28-30-32-34-37-40-43-46-49-56(61)62-52(47-44-41-38-36-33-31-29-24-22-20-17-14-11-8-5-2)50-55(60)57-53(51-58)54(59)48-45-42-39-35-18-15-12-9-6-3/h16-17,19-20,23-25,27-29,33,36,41,44,52-54,58-59H,4-15,18,21-22,26,30-32,34-35,37-40,42-43,45-51H2,1-3H3,(H,57,60)/b19-16-,20-17-,25-23-,28-27-,29-24-,36-33-,44-41-. The summed E-state index contributed by atoms with van der Waals surface area (Å²) in [4.78, 5) is 26.1. The molecule has 0 fully saturated rings. The number of hydrogen-bond acceptors (Lipinski definition) is 5. The van der Waals surface area contributed by atoms with Crippen LogP contribution in [0.3, 0.4) is 0 Å². The Labute approximate surface area is 383 Å². The second-order valence-electron chi connectivity index (χ2n) is 17.2. The second-order valence-corrected chi connectivity index (χ2v) is 17.2. The van der Waals surface area contributed by atoms with Gasteiger partial charge in [-0.05, 0) is 83.5 Å². The highest BCUT2D eigenvalue weighted by Gasteiger charge is 2.23. The molecule has 6 heteroatoms. The summed E-state index contributed by atoms with van der Waals surface area (Å²) in [7, 11) is 0. The topological polar surface area (TPSA) is 95.9 Å². The molecule has 3 unspecified atom stereocenters. The molecule has 356 valence electrons. The maximum atomic E-state index is 13.2. The summed E-state index contributed by atoms with van der Waals surface area (Å²) in [5, 5.41) is 23.6. The van der Waals surface area contributed by atoms with Crippen LogP contribution < -0.4 is 5.32 Å². The Morgan fingerprint density at radius 3 is 1.32 bits per heavy atom. The quantitative estimate of drug-likeness (QED) is 0.0322. The van der Waals surface area contributed by atoms with E-state index >= 15 is 0 Å². The molecule has 0 aliphatic carbocycles. The van der Waals surface area contributed by atoms with Crippen LogP contribution in [-0.4, -0.2) is 46.9 Å². The second kappa shape index (κ2) is 49.1. The van der Waals surface area contributed by atoms with Gasteiger partial charge in [0.1, 0.15) is 6.10 Å². The van der Waals surface area contributed by atoms with Gasteiger partial charge in [-0.15, -0.1) is 0 Å². The average Bonchev–Trinajstić information content (AvgIpc) is 3.26. The van der Waals surface area contributed by atoms with Gasteiger partial charge in [0.15, 0.2) is 0 Å². The minimum absolute atomic E-state index is 0.00765. The molecule has 0 saturated carbocycles. The molecule has 6 nitrogen and oxygen atoms in total. The Morgan fingerprint density at radius 1 is 0.484 bits per heavy atom. The summed E-state index contributed by atoms with van der Waals surface area (Å²) in [6.07, 6.45) is 63.7. The number of amides is 1. The highest BCUT2D eigenvalue weighted by Crippen LogP contribution is 2.15. The third-order valence-electron chi connectivity index (χ3n) is 11.2. The first-order chi connectivity index (χ1) is 30.5. The highest BCUT2D eigenvalue weighted by molar-refractivity contribution is 5.77. The van der Waals surface area contributed by atoms with Gasteiger partial charge in [-0.2, -0.15) is 0 Å². The summed E-state index contributed by atoms with van der Waals surface area (Å²) >= 11 is 0. The molecule has 0 aromatic rings. The maximum Gasteiger partial charge on any atom is 0.306 e. The smallest absolute Gasteiger partial charge is 0.306 e. The Morgan fingerprint density at radius 2 is 0.855 bits per heavy atom. The minimum Gasteiger partial charge on any atom is -0.461 e. The zero-order valence-corrected chi connectivity index (χ0v) is 40.5. The van der Waals surface area contributed by atoms with Crippen molar-refractivity contribution in [2.45, 2.75) is 251 Å². The fourth-order valence-corrected chi connectivity index (χ4v) is 7.24. The molecule has 1 amide bonds. The SMILES string of the molecule is CCCCC/C=C\C/C=C\C/C=C\C/C=C\CC(CC(=O)NC(CO)C(O)CCCCCCCCCCC)OC(=O)CCCCCCCC/C=C\C/C=C\C/C=C\CCCCC. The number of carbonyl (C=O) groups is 2. The normalized spacial score (nSPS) is 14.0. The lowest BCUT2D eigenvalue weighted by Crippen LogP contribution is -2.46. The van der Waals surface area contributed by atoms with Gasteiger partial charge in [0.05, 0.1) is 25.2 Å². The van der Waals surface area contributed by atoms with Gasteiger partial charge >= 0.3 is 5.97 Å². The van der Waals surface area contributed by atoms with Gasteiger partial charge in [-0.3, -0.25) is 9.59 Å².